The molecule has 0 aliphatic carbocycles. The Bertz CT molecular complexity index is 416. The minimum Gasteiger partial charge on any atom is -0.396 e. The first-order valence-electron chi connectivity index (χ1n) is 5.65. The van der Waals surface area contributed by atoms with Crippen molar-refractivity contribution in [2.24, 2.45) is 0 Å². The van der Waals surface area contributed by atoms with E-state index in [4.69, 9.17) is 10.5 Å². The van der Waals surface area contributed by atoms with Gasteiger partial charge in [0.15, 0.2) is 0 Å². The average Bonchev–Trinajstić information content (AvgIpc) is 2.79. The molecule has 1 aliphatic rings. The Balaban J connectivity index is 2.06. The minimum atomic E-state index is -4.46. The van der Waals surface area contributed by atoms with Crippen molar-refractivity contribution in [1.82, 2.24) is 4.98 Å². The van der Waals surface area contributed by atoms with Crippen LogP contribution in [-0.4, -0.2) is 24.2 Å². The molecule has 0 radical (unpaired) electrons. The van der Waals surface area contributed by atoms with E-state index in [1.54, 1.807) is 0 Å². The van der Waals surface area contributed by atoms with Gasteiger partial charge in [0.1, 0.15) is 5.69 Å². The van der Waals surface area contributed by atoms with Crippen LogP contribution in [-0.2, 0) is 10.9 Å². The monoisotopic (exact) mass is 261 g/mol. The molecule has 1 fully saturated rings. The van der Waals surface area contributed by atoms with Gasteiger partial charge in [-0.3, -0.25) is 0 Å². The molecule has 18 heavy (non-hydrogen) atoms. The Morgan fingerprint density at radius 2 is 2.28 bits per heavy atom. The Kier molecular flexibility index (Phi) is 3.60. The van der Waals surface area contributed by atoms with Crippen LogP contribution < -0.4 is 11.1 Å². The first-order chi connectivity index (χ1) is 8.47. The van der Waals surface area contributed by atoms with Crippen LogP contribution in [0.4, 0.5) is 24.5 Å². The Labute approximate surface area is 102 Å². The Morgan fingerprint density at radius 1 is 1.50 bits per heavy atom. The second-order valence-electron chi connectivity index (χ2n) is 4.17. The summed E-state index contributed by atoms with van der Waals surface area (Å²) in [7, 11) is 0. The van der Waals surface area contributed by atoms with Crippen LogP contribution in [0.2, 0.25) is 0 Å². The molecular formula is C11H14F3N3O. The average molecular weight is 261 g/mol. The van der Waals surface area contributed by atoms with E-state index in [1.165, 1.54) is 0 Å². The number of anilines is 2. The molecule has 1 atom stereocenters. The van der Waals surface area contributed by atoms with Crippen molar-refractivity contribution < 1.29 is 17.9 Å². The minimum absolute atomic E-state index is 0.0342. The number of ether oxygens (including phenoxy) is 1. The second kappa shape index (κ2) is 5.01. The van der Waals surface area contributed by atoms with Gasteiger partial charge < -0.3 is 15.8 Å². The van der Waals surface area contributed by atoms with Crippen molar-refractivity contribution in [3.05, 3.63) is 18.0 Å². The van der Waals surface area contributed by atoms with E-state index < -0.39 is 11.9 Å². The molecule has 1 aliphatic heterocycles. The number of aromatic nitrogens is 1. The standard InChI is InChI=1S/C11H14F3N3O/c12-11(13,14)10-4-9(8(15)6-17-10)16-5-7-2-1-3-18-7/h4,6-7H,1-3,5,15H2,(H,16,17). The van der Waals surface area contributed by atoms with Crippen molar-refractivity contribution in [3.63, 3.8) is 0 Å². The predicted molar refractivity (Wildman–Crippen MR) is 61.1 cm³/mol. The highest BCUT2D eigenvalue weighted by atomic mass is 19.4. The maximum atomic E-state index is 12.5. The Hall–Kier alpha value is -1.50. The summed E-state index contributed by atoms with van der Waals surface area (Å²) in [5.41, 5.74) is 5.07. The first-order valence-corrected chi connectivity index (χ1v) is 5.65. The van der Waals surface area contributed by atoms with E-state index >= 15 is 0 Å². The molecule has 3 N–H and O–H groups in total. The molecule has 2 rings (SSSR count). The molecule has 7 heteroatoms. The lowest BCUT2D eigenvalue weighted by Crippen LogP contribution is -2.19. The van der Waals surface area contributed by atoms with Crippen LogP contribution in [0.15, 0.2) is 12.3 Å². The lowest BCUT2D eigenvalue weighted by atomic mass is 10.2. The third-order valence-corrected chi connectivity index (χ3v) is 2.77. The van der Waals surface area contributed by atoms with E-state index in [1.807, 2.05) is 0 Å². The molecule has 2 heterocycles. The zero-order valence-corrected chi connectivity index (χ0v) is 9.63. The first kappa shape index (κ1) is 12.9. The fourth-order valence-electron chi connectivity index (χ4n) is 1.80. The number of halogens is 3. The molecule has 0 bridgehead atoms. The maximum absolute atomic E-state index is 12.5. The number of hydrogen-bond acceptors (Lipinski definition) is 4. The lowest BCUT2D eigenvalue weighted by Gasteiger charge is -2.15. The SMILES string of the molecule is Nc1cnc(C(F)(F)F)cc1NCC1CCCO1. The number of nitrogens with zero attached hydrogens (tertiary/aromatic N) is 1. The van der Waals surface area contributed by atoms with Crippen LogP contribution in [0.1, 0.15) is 18.5 Å². The fraction of sp³-hybridized carbons (Fsp3) is 0.545. The zero-order chi connectivity index (χ0) is 13.2. The van der Waals surface area contributed by atoms with E-state index in [0.29, 0.717) is 13.2 Å². The maximum Gasteiger partial charge on any atom is 0.433 e. The van der Waals surface area contributed by atoms with Gasteiger partial charge in [-0.2, -0.15) is 13.2 Å². The predicted octanol–water partition coefficient (Wildman–Crippen LogP) is 2.27. The Morgan fingerprint density at radius 3 is 2.89 bits per heavy atom. The zero-order valence-electron chi connectivity index (χ0n) is 9.63. The smallest absolute Gasteiger partial charge is 0.396 e. The number of pyridine rings is 1. The summed E-state index contributed by atoms with van der Waals surface area (Å²) in [5, 5.41) is 2.88. The summed E-state index contributed by atoms with van der Waals surface area (Å²) in [4.78, 5) is 3.27. The number of nitrogen functional groups attached to an aromatic ring is 1. The van der Waals surface area contributed by atoms with Gasteiger partial charge in [-0.25, -0.2) is 4.98 Å². The van der Waals surface area contributed by atoms with Gasteiger partial charge in [0.05, 0.1) is 23.7 Å². The summed E-state index contributed by atoms with van der Waals surface area (Å²) >= 11 is 0. The van der Waals surface area contributed by atoms with Crippen molar-refractivity contribution in [3.8, 4) is 0 Å². The molecule has 1 aromatic heterocycles. The molecule has 1 unspecified atom stereocenters. The molecule has 1 saturated heterocycles. The van der Waals surface area contributed by atoms with Gasteiger partial charge in [-0.05, 0) is 18.9 Å². The molecule has 0 aromatic carbocycles. The van der Waals surface area contributed by atoms with Crippen LogP contribution in [0.5, 0.6) is 0 Å². The molecular weight excluding hydrogens is 247 g/mol. The topological polar surface area (TPSA) is 60.2 Å². The molecule has 0 spiro atoms. The highest BCUT2D eigenvalue weighted by Crippen LogP contribution is 2.31. The molecule has 0 amide bonds. The second-order valence-corrected chi connectivity index (χ2v) is 4.17. The van der Waals surface area contributed by atoms with Crippen LogP contribution in [0.25, 0.3) is 0 Å². The van der Waals surface area contributed by atoms with Crippen LogP contribution in [0, 0.1) is 0 Å². The number of alkyl halides is 3. The molecule has 1 aromatic rings. The molecule has 0 saturated carbocycles. The van der Waals surface area contributed by atoms with Crippen LogP contribution >= 0.6 is 0 Å². The van der Waals surface area contributed by atoms with Gasteiger partial charge in [-0.1, -0.05) is 0 Å². The van der Waals surface area contributed by atoms with Crippen molar-refractivity contribution >= 4 is 11.4 Å². The summed E-state index contributed by atoms with van der Waals surface area (Å²) < 4.78 is 42.8. The third-order valence-electron chi connectivity index (χ3n) is 2.77. The summed E-state index contributed by atoms with van der Waals surface area (Å²) in [6, 6.07) is 0.921. The lowest BCUT2D eigenvalue weighted by molar-refractivity contribution is -0.141. The summed E-state index contributed by atoms with van der Waals surface area (Å²) in [6.45, 7) is 1.15. The van der Waals surface area contributed by atoms with Crippen molar-refractivity contribution in [1.29, 1.82) is 0 Å². The van der Waals surface area contributed by atoms with Gasteiger partial charge in [0, 0.05) is 13.2 Å². The normalized spacial score (nSPS) is 20.1. The van der Waals surface area contributed by atoms with E-state index in [2.05, 4.69) is 10.3 Å². The highest BCUT2D eigenvalue weighted by Gasteiger charge is 2.33. The van der Waals surface area contributed by atoms with Crippen LogP contribution in [0.3, 0.4) is 0 Å². The summed E-state index contributed by atoms with van der Waals surface area (Å²) in [5.74, 6) is 0. The number of hydrogen-bond donors (Lipinski definition) is 2. The third kappa shape index (κ3) is 3.04. The van der Waals surface area contributed by atoms with Gasteiger partial charge in [-0.15, -0.1) is 0 Å². The number of nitrogens with one attached hydrogen (secondary N) is 1. The van der Waals surface area contributed by atoms with Crippen molar-refractivity contribution in [2.75, 3.05) is 24.2 Å². The van der Waals surface area contributed by atoms with E-state index in [0.717, 1.165) is 25.1 Å². The number of rotatable bonds is 3. The summed E-state index contributed by atoms with van der Waals surface area (Å²) in [6.07, 6.45) is -1.53. The van der Waals surface area contributed by atoms with Gasteiger partial charge in [0.2, 0.25) is 0 Å². The van der Waals surface area contributed by atoms with E-state index in [9.17, 15) is 13.2 Å². The number of nitrogens with two attached hydrogens (primary N) is 1. The fourth-order valence-corrected chi connectivity index (χ4v) is 1.80. The van der Waals surface area contributed by atoms with Gasteiger partial charge in [0.25, 0.3) is 0 Å². The molecule has 4 nitrogen and oxygen atoms in total. The molecule has 100 valence electrons. The largest absolute Gasteiger partial charge is 0.433 e. The highest BCUT2D eigenvalue weighted by molar-refractivity contribution is 5.65. The van der Waals surface area contributed by atoms with Gasteiger partial charge >= 0.3 is 6.18 Å². The van der Waals surface area contributed by atoms with Crippen molar-refractivity contribution in [2.45, 2.75) is 25.1 Å². The quantitative estimate of drug-likeness (QED) is 0.876. The van der Waals surface area contributed by atoms with E-state index in [-0.39, 0.29) is 17.5 Å².